The fourth-order valence-electron chi connectivity index (χ4n) is 13.5. The Morgan fingerprint density at radius 1 is 0.342 bits per heavy atom. The molecule has 2 aromatic heterocycles. The quantitative estimate of drug-likeness (QED) is 0.171. The third-order valence-electron chi connectivity index (χ3n) is 16.7. The molecule has 0 bridgehead atoms. The summed E-state index contributed by atoms with van der Waals surface area (Å²) in [6.45, 7) is 4.70. The van der Waals surface area contributed by atoms with Crippen molar-refractivity contribution >= 4 is 70.5 Å². The molecule has 0 N–H and O–H groups in total. The highest BCUT2D eigenvalue weighted by Gasteiger charge is 2.53. The minimum atomic E-state index is -0.604. The van der Waals surface area contributed by atoms with Gasteiger partial charge in [0.25, 0.3) is 0 Å². The van der Waals surface area contributed by atoms with Crippen molar-refractivity contribution in [3.63, 3.8) is 0 Å². The van der Waals surface area contributed by atoms with Crippen LogP contribution in [0.5, 0.6) is 0 Å². The second kappa shape index (κ2) is 14.9. The van der Waals surface area contributed by atoms with Crippen molar-refractivity contribution in [1.29, 1.82) is 0 Å². The average Bonchev–Trinajstić information content (AvgIpc) is 4.24. The summed E-state index contributed by atoms with van der Waals surface area (Å²) in [5.41, 5.74) is 24.7. The first kappa shape index (κ1) is 40.9. The molecule has 2 heterocycles. The normalized spacial score (nSPS) is 15.4. The van der Waals surface area contributed by atoms with Crippen LogP contribution in [0.4, 0.5) is 17.1 Å². The van der Waals surface area contributed by atoms with Crippen LogP contribution in [0.1, 0.15) is 47.2 Å². The van der Waals surface area contributed by atoms with E-state index < -0.39 is 5.41 Å². The maximum Gasteiger partial charge on any atom is 0.143 e. The number of hydrogen-bond acceptors (Lipinski definition) is 3. The standard InChI is InChI=1S/C70H45NOS/c1-69(2)59-26-10-6-18-49(59)52-37-35-46(41-62(52)69)71(44-16-4-3-5-17-44)45-33-30-42(31-34-45)47-22-14-24-56-57-39-38-55-51-20-8-12-28-61(51)70(65(55)67(57)72-66(47)56)60-27-11-7-19-50(60)53-36-32-43(40-63(53)70)48-23-15-25-58-54-21-9-13-29-64(54)73-68(48)58/h3-41H,1-2H3. The Hall–Kier alpha value is -8.76. The van der Waals surface area contributed by atoms with Crippen molar-refractivity contribution in [2.75, 3.05) is 4.90 Å². The van der Waals surface area contributed by atoms with Crippen LogP contribution in [-0.4, -0.2) is 0 Å². The average molecular weight is 948 g/mol. The third-order valence-corrected chi connectivity index (χ3v) is 17.9. The van der Waals surface area contributed by atoms with Crippen LogP contribution < -0.4 is 4.90 Å². The molecule has 3 aliphatic carbocycles. The molecule has 1 spiro atoms. The van der Waals surface area contributed by atoms with E-state index in [0.29, 0.717) is 0 Å². The molecule has 11 aromatic carbocycles. The first-order valence-corrected chi connectivity index (χ1v) is 26.2. The number of para-hydroxylation sites is 2. The number of furan rings is 1. The summed E-state index contributed by atoms with van der Waals surface area (Å²) in [6, 6.07) is 88.1. The highest BCUT2D eigenvalue weighted by molar-refractivity contribution is 7.26. The van der Waals surface area contributed by atoms with E-state index >= 15 is 0 Å². The van der Waals surface area contributed by atoms with Gasteiger partial charge in [0.2, 0.25) is 0 Å². The summed E-state index contributed by atoms with van der Waals surface area (Å²) in [7, 11) is 0. The molecule has 0 saturated carbocycles. The molecule has 342 valence electrons. The van der Waals surface area contributed by atoms with E-state index in [-0.39, 0.29) is 5.41 Å². The van der Waals surface area contributed by atoms with Crippen LogP contribution >= 0.6 is 11.3 Å². The van der Waals surface area contributed by atoms with Crippen molar-refractivity contribution in [2.45, 2.75) is 24.7 Å². The predicted molar refractivity (Wildman–Crippen MR) is 306 cm³/mol. The number of fused-ring (bicyclic) bond motifs is 20. The molecule has 73 heavy (non-hydrogen) atoms. The second-order valence-electron chi connectivity index (χ2n) is 20.6. The van der Waals surface area contributed by atoms with Crippen LogP contribution in [0.25, 0.3) is 97.7 Å². The van der Waals surface area contributed by atoms with Gasteiger partial charge < -0.3 is 9.32 Å². The van der Waals surface area contributed by atoms with Gasteiger partial charge in [-0.1, -0.05) is 196 Å². The number of rotatable bonds is 5. The van der Waals surface area contributed by atoms with Crippen molar-refractivity contribution in [3.8, 4) is 55.6 Å². The van der Waals surface area contributed by atoms with Gasteiger partial charge in [-0.2, -0.15) is 0 Å². The van der Waals surface area contributed by atoms with Gasteiger partial charge in [-0.25, -0.2) is 0 Å². The summed E-state index contributed by atoms with van der Waals surface area (Å²) in [5, 5.41) is 4.88. The Morgan fingerprint density at radius 2 is 0.877 bits per heavy atom. The van der Waals surface area contributed by atoms with Gasteiger partial charge in [0.1, 0.15) is 11.2 Å². The molecule has 0 amide bonds. The number of nitrogens with zero attached hydrogens (tertiary/aromatic N) is 1. The van der Waals surface area contributed by atoms with Gasteiger partial charge in [-0.3, -0.25) is 0 Å². The molecule has 0 radical (unpaired) electrons. The van der Waals surface area contributed by atoms with E-state index in [4.69, 9.17) is 4.42 Å². The molecular weight excluding hydrogens is 903 g/mol. The Morgan fingerprint density at radius 3 is 1.67 bits per heavy atom. The van der Waals surface area contributed by atoms with Crippen LogP contribution in [0.2, 0.25) is 0 Å². The Bertz CT molecular complexity index is 4460. The van der Waals surface area contributed by atoms with E-state index in [0.717, 1.165) is 50.1 Å². The van der Waals surface area contributed by atoms with E-state index in [9.17, 15) is 0 Å². The van der Waals surface area contributed by atoms with Crippen LogP contribution in [0.3, 0.4) is 0 Å². The molecule has 16 rings (SSSR count). The van der Waals surface area contributed by atoms with Crippen LogP contribution in [-0.2, 0) is 10.8 Å². The predicted octanol–water partition coefficient (Wildman–Crippen LogP) is 19.4. The molecular formula is C70H45NOS. The molecule has 2 nitrogen and oxygen atoms in total. The minimum absolute atomic E-state index is 0.106. The van der Waals surface area contributed by atoms with Crippen molar-refractivity contribution in [3.05, 3.63) is 270 Å². The van der Waals surface area contributed by atoms with Gasteiger partial charge in [-0.15, -0.1) is 11.3 Å². The highest BCUT2D eigenvalue weighted by atomic mass is 32.1. The first-order valence-electron chi connectivity index (χ1n) is 25.4. The number of benzene rings is 11. The minimum Gasteiger partial charge on any atom is -0.455 e. The van der Waals surface area contributed by atoms with Gasteiger partial charge in [0.15, 0.2) is 0 Å². The number of anilines is 3. The zero-order chi connectivity index (χ0) is 48.2. The fourth-order valence-corrected chi connectivity index (χ4v) is 14.7. The molecule has 3 heteroatoms. The lowest BCUT2D eigenvalue weighted by atomic mass is 9.70. The van der Waals surface area contributed by atoms with E-state index in [1.54, 1.807) is 0 Å². The molecule has 3 aliphatic rings. The van der Waals surface area contributed by atoms with Crippen molar-refractivity contribution < 1.29 is 4.42 Å². The van der Waals surface area contributed by atoms with Gasteiger partial charge in [-0.05, 0) is 132 Å². The van der Waals surface area contributed by atoms with Crippen molar-refractivity contribution in [2.24, 2.45) is 0 Å². The molecule has 1 unspecified atom stereocenters. The van der Waals surface area contributed by atoms with E-state index in [1.165, 1.54) is 98.1 Å². The molecule has 0 saturated heterocycles. The zero-order valence-corrected chi connectivity index (χ0v) is 41.1. The van der Waals surface area contributed by atoms with Crippen LogP contribution in [0.15, 0.2) is 241 Å². The Balaban J connectivity index is 0.867. The topological polar surface area (TPSA) is 16.4 Å². The Kier molecular flexibility index (Phi) is 8.35. The highest BCUT2D eigenvalue weighted by Crippen LogP contribution is 2.65. The number of thiophene rings is 1. The summed E-state index contributed by atoms with van der Waals surface area (Å²) < 4.78 is 10.2. The molecule has 0 fully saturated rings. The molecule has 0 aliphatic heterocycles. The maximum absolute atomic E-state index is 7.53. The lowest BCUT2D eigenvalue weighted by molar-refractivity contribution is 0.653. The zero-order valence-electron chi connectivity index (χ0n) is 40.3. The van der Waals surface area contributed by atoms with Crippen molar-refractivity contribution in [1.82, 2.24) is 0 Å². The van der Waals surface area contributed by atoms with E-state index in [1.807, 2.05) is 11.3 Å². The smallest absolute Gasteiger partial charge is 0.143 e. The summed E-state index contributed by atoms with van der Waals surface area (Å²) in [5.74, 6) is 0. The van der Waals surface area contributed by atoms with Gasteiger partial charge in [0, 0.05) is 64.5 Å². The molecule has 1 atom stereocenters. The summed E-state index contributed by atoms with van der Waals surface area (Å²) in [4.78, 5) is 2.39. The lowest BCUT2D eigenvalue weighted by Gasteiger charge is -2.30. The molecule has 13 aromatic rings. The summed E-state index contributed by atoms with van der Waals surface area (Å²) in [6.07, 6.45) is 0. The van der Waals surface area contributed by atoms with Gasteiger partial charge in [0.05, 0.1) is 5.41 Å². The largest absolute Gasteiger partial charge is 0.455 e. The van der Waals surface area contributed by atoms with Gasteiger partial charge >= 0.3 is 0 Å². The lowest BCUT2D eigenvalue weighted by Crippen LogP contribution is -2.26. The summed E-state index contributed by atoms with van der Waals surface area (Å²) >= 11 is 1.89. The van der Waals surface area contributed by atoms with E-state index in [2.05, 4.69) is 255 Å². The first-order chi connectivity index (χ1) is 36.0. The second-order valence-corrected chi connectivity index (χ2v) is 21.7. The fraction of sp³-hybridized carbons (Fsp3) is 0.0571. The SMILES string of the molecule is CC1(C)c2ccccc2-c2ccc(N(c3ccccc3)c3ccc(-c4cccc5c4oc4c6c(ccc45)-c4ccccc4C64c5ccccc5-c5ccc(-c6cccc7c6sc6ccccc67)cc54)cc3)cc21. The number of hydrogen-bond donors (Lipinski definition) is 0. The maximum atomic E-state index is 7.53. The van der Waals surface area contributed by atoms with Crippen LogP contribution in [0, 0.1) is 0 Å². The third kappa shape index (κ3) is 5.47. The Labute approximate surface area is 427 Å². The monoisotopic (exact) mass is 947 g/mol.